The minimum atomic E-state index is 0.671. The molecule has 4 aromatic rings. The van der Waals surface area contributed by atoms with Crippen molar-refractivity contribution in [2.75, 3.05) is 0 Å². The molecular formula is C26H27NO. The average Bonchev–Trinajstić information content (AvgIpc) is 3.35. The summed E-state index contributed by atoms with van der Waals surface area (Å²) in [5, 5.41) is 3.68. The van der Waals surface area contributed by atoms with E-state index in [0.717, 1.165) is 29.0 Å². The zero-order valence-electron chi connectivity index (χ0n) is 16.8. The van der Waals surface area contributed by atoms with Crippen molar-refractivity contribution in [3.8, 4) is 11.3 Å². The van der Waals surface area contributed by atoms with Gasteiger partial charge in [-0.05, 0) is 72.9 Å². The molecule has 0 saturated heterocycles. The third-order valence-electron chi connectivity index (χ3n) is 6.21. The zero-order valence-corrected chi connectivity index (χ0v) is 16.8. The summed E-state index contributed by atoms with van der Waals surface area (Å²) >= 11 is 0. The topological polar surface area (TPSA) is 26.0 Å². The second-order valence-electron chi connectivity index (χ2n) is 8.29. The Morgan fingerprint density at radius 3 is 2.68 bits per heavy atom. The van der Waals surface area contributed by atoms with Gasteiger partial charge in [0, 0.05) is 22.5 Å². The van der Waals surface area contributed by atoms with Crippen molar-refractivity contribution < 1.29 is 4.42 Å². The maximum Gasteiger partial charge on any atom is 0.143 e. The summed E-state index contributed by atoms with van der Waals surface area (Å²) in [4.78, 5) is 4.82. The molecule has 1 saturated carbocycles. The molecule has 0 unspecified atom stereocenters. The molecule has 1 fully saturated rings. The molecule has 0 N–H and O–H groups in total. The van der Waals surface area contributed by atoms with Crippen molar-refractivity contribution in [2.24, 2.45) is 0 Å². The monoisotopic (exact) mass is 369 g/mol. The first kappa shape index (κ1) is 17.5. The van der Waals surface area contributed by atoms with Crippen molar-refractivity contribution in [2.45, 2.75) is 58.3 Å². The second-order valence-corrected chi connectivity index (χ2v) is 8.29. The van der Waals surface area contributed by atoms with Crippen LogP contribution in [0, 0.1) is 6.92 Å². The molecule has 2 aromatic carbocycles. The summed E-state index contributed by atoms with van der Waals surface area (Å²) < 4.78 is 6.14. The van der Waals surface area contributed by atoms with Crippen LogP contribution < -0.4 is 0 Å². The lowest BCUT2D eigenvalue weighted by Gasteiger charge is -2.13. The molecule has 2 nitrogen and oxygen atoms in total. The van der Waals surface area contributed by atoms with E-state index >= 15 is 0 Å². The number of pyridine rings is 1. The van der Waals surface area contributed by atoms with Crippen LogP contribution in [0.15, 0.2) is 53.1 Å². The molecule has 1 aliphatic rings. The average molecular weight is 370 g/mol. The van der Waals surface area contributed by atoms with Crippen LogP contribution in [0.3, 0.4) is 0 Å². The Morgan fingerprint density at radius 1 is 1.00 bits per heavy atom. The van der Waals surface area contributed by atoms with Crippen molar-refractivity contribution in [1.29, 1.82) is 0 Å². The van der Waals surface area contributed by atoms with Crippen LogP contribution in [0.2, 0.25) is 0 Å². The quantitative estimate of drug-likeness (QED) is 0.371. The molecule has 5 rings (SSSR count). The molecule has 2 heterocycles. The summed E-state index contributed by atoms with van der Waals surface area (Å²) in [5.41, 5.74) is 5.99. The first-order valence-corrected chi connectivity index (χ1v) is 10.6. The Labute approximate surface area is 166 Å². The van der Waals surface area contributed by atoms with E-state index < -0.39 is 0 Å². The third-order valence-corrected chi connectivity index (χ3v) is 6.21. The lowest BCUT2D eigenvalue weighted by molar-refractivity contribution is 0.579. The van der Waals surface area contributed by atoms with E-state index in [0.29, 0.717) is 5.92 Å². The molecule has 28 heavy (non-hydrogen) atoms. The number of nitrogens with zero attached hydrogens (tertiary/aromatic N) is 1. The number of benzene rings is 2. The number of hydrogen-bond acceptors (Lipinski definition) is 2. The van der Waals surface area contributed by atoms with Gasteiger partial charge in [-0.3, -0.25) is 4.98 Å². The summed E-state index contributed by atoms with van der Waals surface area (Å²) in [6.45, 7) is 4.26. The Balaban J connectivity index is 1.73. The van der Waals surface area contributed by atoms with E-state index in [1.54, 1.807) is 0 Å². The number of hydrogen-bond donors (Lipinski definition) is 0. The number of aryl methyl sites for hydroxylation is 2. The van der Waals surface area contributed by atoms with Gasteiger partial charge < -0.3 is 4.42 Å². The SMILES string of the molecule is CCCc1ccc2c(-c3cc(C4CCCC4)cc4cc(C)oc34)nccc2c1. The summed E-state index contributed by atoms with van der Waals surface area (Å²) in [6, 6.07) is 15.8. The standard InChI is InChI=1S/C26H27NO/c1-3-6-18-9-10-23-20(14-18)11-12-27-25(23)24-16-21(19-7-4-5-8-19)15-22-13-17(2)28-26(22)24/h9-16,19H,3-8H2,1-2H3. The van der Waals surface area contributed by atoms with E-state index in [1.165, 1.54) is 59.4 Å². The number of aromatic nitrogens is 1. The van der Waals surface area contributed by atoms with Gasteiger partial charge in [-0.15, -0.1) is 0 Å². The Morgan fingerprint density at radius 2 is 1.86 bits per heavy atom. The van der Waals surface area contributed by atoms with E-state index in [1.807, 2.05) is 13.1 Å². The molecule has 0 aliphatic heterocycles. The molecule has 0 bridgehead atoms. The highest BCUT2D eigenvalue weighted by atomic mass is 16.3. The van der Waals surface area contributed by atoms with E-state index in [9.17, 15) is 0 Å². The molecule has 2 aromatic heterocycles. The fourth-order valence-corrected chi connectivity index (χ4v) is 4.86. The van der Waals surface area contributed by atoms with Crippen LogP contribution in [0.25, 0.3) is 33.0 Å². The van der Waals surface area contributed by atoms with Crippen molar-refractivity contribution >= 4 is 21.7 Å². The van der Waals surface area contributed by atoms with Crippen molar-refractivity contribution in [3.05, 3.63) is 65.5 Å². The molecule has 2 heteroatoms. The van der Waals surface area contributed by atoms with Crippen LogP contribution in [-0.2, 0) is 6.42 Å². The van der Waals surface area contributed by atoms with Gasteiger partial charge in [0.05, 0.1) is 5.69 Å². The first-order valence-electron chi connectivity index (χ1n) is 10.6. The maximum atomic E-state index is 6.14. The van der Waals surface area contributed by atoms with E-state index in [4.69, 9.17) is 9.40 Å². The van der Waals surface area contributed by atoms with Crippen LogP contribution in [0.4, 0.5) is 0 Å². The smallest absolute Gasteiger partial charge is 0.143 e. The van der Waals surface area contributed by atoms with E-state index in [2.05, 4.69) is 49.4 Å². The highest BCUT2D eigenvalue weighted by molar-refractivity contribution is 6.02. The maximum absolute atomic E-state index is 6.14. The minimum Gasteiger partial charge on any atom is -0.461 e. The molecule has 0 atom stereocenters. The van der Waals surface area contributed by atoms with Gasteiger partial charge in [0.2, 0.25) is 0 Å². The van der Waals surface area contributed by atoms with Gasteiger partial charge >= 0.3 is 0 Å². The highest BCUT2D eigenvalue weighted by Gasteiger charge is 2.21. The normalized spacial score (nSPS) is 15.1. The minimum absolute atomic E-state index is 0.671. The predicted octanol–water partition coefficient (Wildman–Crippen LogP) is 7.57. The fraction of sp³-hybridized carbons (Fsp3) is 0.346. The van der Waals surface area contributed by atoms with Crippen molar-refractivity contribution in [1.82, 2.24) is 4.98 Å². The lowest BCUT2D eigenvalue weighted by Crippen LogP contribution is -1.95. The third kappa shape index (κ3) is 3.01. The summed E-state index contributed by atoms with van der Waals surface area (Å²) in [5.74, 6) is 1.63. The number of fused-ring (bicyclic) bond motifs is 2. The zero-order chi connectivity index (χ0) is 19.1. The number of furan rings is 1. The first-order chi connectivity index (χ1) is 13.7. The Bertz CT molecular complexity index is 1150. The summed E-state index contributed by atoms with van der Waals surface area (Å²) in [7, 11) is 0. The lowest BCUT2D eigenvalue weighted by atomic mass is 9.92. The van der Waals surface area contributed by atoms with Gasteiger partial charge in [0.1, 0.15) is 11.3 Å². The largest absolute Gasteiger partial charge is 0.461 e. The van der Waals surface area contributed by atoms with Gasteiger partial charge in [-0.2, -0.15) is 0 Å². The van der Waals surface area contributed by atoms with E-state index in [-0.39, 0.29) is 0 Å². The molecule has 0 spiro atoms. The van der Waals surface area contributed by atoms with Gasteiger partial charge in [-0.1, -0.05) is 44.4 Å². The molecule has 142 valence electrons. The fourth-order valence-electron chi connectivity index (χ4n) is 4.86. The molecule has 0 amide bonds. The van der Waals surface area contributed by atoms with Crippen LogP contribution >= 0.6 is 0 Å². The predicted molar refractivity (Wildman–Crippen MR) is 117 cm³/mol. The Kier molecular flexibility index (Phi) is 4.43. The molecule has 1 aliphatic carbocycles. The van der Waals surface area contributed by atoms with Crippen LogP contribution in [0.5, 0.6) is 0 Å². The van der Waals surface area contributed by atoms with Crippen molar-refractivity contribution in [3.63, 3.8) is 0 Å². The Hall–Kier alpha value is -2.61. The summed E-state index contributed by atoms with van der Waals surface area (Å²) in [6.07, 6.45) is 9.50. The molecule has 0 radical (unpaired) electrons. The highest BCUT2D eigenvalue weighted by Crippen LogP contribution is 2.40. The number of rotatable bonds is 4. The van der Waals surface area contributed by atoms with Crippen LogP contribution in [-0.4, -0.2) is 4.98 Å². The van der Waals surface area contributed by atoms with Gasteiger partial charge in [0.25, 0.3) is 0 Å². The van der Waals surface area contributed by atoms with Gasteiger partial charge in [-0.25, -0.2) is 0 Å². The second kappa shape index (κ2) is 7.09. The van der Waals surface area contributed by atoms with Crippen LogP contribution in [0.1, 0.15) is 61.8 Å². The van der Waals surface area contributed by atoms with Gasteiger partial charge in [0.15, 0.2) is 0 Å². The molecular weight excluding hydrogens is 342 g/mol.